The fraction of sp³-hybridized carbons (Fsp3) is 0.545. The fourth-order valence-corrected chi connectivity index (χ4v) is 2.70. The van der Waals surface area contributed by atoms with Crippen LogP contribution in [0.2, 0.25) is 0 Å². The van der Waals surface area contributed by atoms with E-state index >= 15 is 0 Å². The Kier molecular flexibility index (Phi) is 8.39. The van der Waals surface area contributed by atoms with Crippen molar-refractivity contribution < 1.29 is 18.9 Å². The van der Waals surface area contributed by atoms with Crippen LogP contribution >= 0.6 is 0 Å². The number of hydrogen-bond donors (Lipinski definition) is 0. The molecule has 0 N–H and O–H groups in total. The molecule has 0 aliphatic rings. The van der Waals surface area contributed by atoms with E-state index in [1.807, 2.05) is 12.1 Å². The second kappa shape index (κ2) is 10.8. The molecule has 2 aromatic rings. The first-order valence-corrected chi connectivity index (χ1v) is 9.88. The molecular formula is C22H32O4. The SMILES string of the molecule is CCCOc1c(OCCC)c(OCCC)c2ccccc2c1OCCC. The van der Waals surface area contributed by atoms with Crippen molar-refractivity contribution in [2.24, 2.45) is 0 Å². The van der Waals surface area contributed by atoms with E-state index in [4.69, 9.17) is 18.9 Å². The minimum Gasteiger partial charge on any atom is -0.489 e. The maximum atomic E-state index is 6.12. The molecule has 4 heteroatoms. The van der Waals surface area contributed by atoms with Crippen LogP contribution in [0.4, 0.5) is 0 Å². The van der Waals surface area contributed by atoms with Gasteiger partial charge in [0.2, 0.25) is 11.5 Å². The van der Waals surface area contributed by atoms with E-state index in [1.165, 1.54) is 0 Å². The lowest BCUT2D eigenvalue weighted by Crippen LogP contribution is -2.08. The number of hydrogen-bond acceptors (Lipinski definition) is 4. The normalized spacial score (nSPS) is 10.8. The fourth-order valence-electron chi connectivity index (χ4n) is 2.70. The molecule has 0 radical (unpaired) electrons. The van der Waals surface area contributed by atoms with Gasteiger partial charge in [0.1, 0.15) is 0 Å². The standard InChI is InChI=1S/C22H32O4/c1-5-13-23-19-17-11-9-10-12-18(17)20(24-14-6-2)22(26-16-8-4)21(19)25-15-7-3/h9-12H,5-8,13-16H2,1-4H3. The highest BCUT2D eigenvalue weighted by molar-refractivity contribution is 5.98. The van der Waals surface area contributed by atoms with Gasteiger partial charge in [0, 0.05) is 10.8 Å². The Bertz CT molecular complexity index is 623. The van der Waals surface area contributed by atoms with Crippen LogP contribution in [-0.2, 0) is 0 Å². The Morgan fingerprint density at radius 2 is 0.808 bits per heavy atom. The zero-order chi connectivity index (χ0) is 18.8. The first-order chi connectivity index (χ1) is 12.8. The van der Waals surface area contributed by atoms with Gasteiger partial charge in [-0.15, -0.1) is 0 Å². The van der Waals surface area contributed by atoms with Crippen LogP contribution in [0, 0.1) is 0 Å². The molecule has 0 bridgehead atoms. The molecule has 0 saturated heterocycles. The van der Waals surface area contributed by atoms with Crippen LogP contribution in [0.25, 0.3) is 10.8 Å². The average Bonchev–Trinajstić information content (AvgIpc) is 2.68. The number of ether oxygens (including phenoxy) is 4. The summed E-state index contributed by atoms with van der Waals surface area (Å²) >= 11 is 0. The van der Waals surface area contributed by atoms with Gasteiger partial charge in [0.15, 0.2) is 11.5 Å². The molecule has 0 aliphatic carbocycles. The van der Waals surface area contributed by atoms with Crippen LogP contribution < -0.4 is 18.9 Å². The number of fused-ring (bicyclic) bond motifs is 1. The molecule has 26 heavy (non-hydrogen) atoms. The third-order valence-electron chi connectivity index (χ3n) is 3.84. The van der Waals surface area contributed by atoms with Gasteiger partial charge >= 0.3 is 0 Å². The van der Waals surface area contributed by atoms with E-state index in [0.29, 0.717) is 37.9 Å². The predicted molar refractivity (Wildman–Crippen MR) is 107 cm³/mol. The topological polar surface area (TPSA) is 36.9 Å². The zero-order valence-corrected chi connectivity index (χ0v) is 16.6. The summed E-state index contributed by atoms with van der Waals surface area (Å²) in [6.07, 6.45) is 3.69. The van der Waals surface area contributed by atoms with Crippen molar-refractivity contribution in [3.05, 3.63) is 24.3 Å². The van der Waals surface area contributed by atoms with Gasteiger partial charge < -0.3 is 18.9 Å². The van der Waals surface area contributed by atoms with Gasteiger partial charge in [-0.25, -0.2) is 0 Å². The Labute approximate surface area is 157 Å². The summed E-state index contributed by atoms with van der Waals surface area (Å²) in [6.45, 7) is 10.9. The van der Waals surface area contributed by atoms with E-state index in [1.54, 1.807) is 0 Å². The van der Waals surface area contributed by atoms with Crippen molar-refractivity contribution in [2.45, 2.75) is 53.4 Å². The van der Waals surface area contributed by atoms with Crippen molar-refractivity contribution in [1.82, 2.24) is 0 Å². The Hall–Kier alpha value is -2.10. The third kappa shape index (κ3) is 4.75. The lowest BCUT2D eigenvalue weighted by Gasteiger charge is -2.22. The molecule has 0 heterocycles. The molecular weight excluding hydrogens is 328 g/mol. The minimum atomic E-state index is 0.608. The van der Waals surface area contributed by atoms with Crippen molar-refractivity contribution in [3.63, 3.8) is 0 Å². The predicted octanol–water partition coefficient (Wildman–Crippen LogP) is 6.00. The van der Waals surface area contributed by atoms with E-state index < -0.39 is 0 Å². The molecule has 2 rings (SSSR count). The summed E-state index contributed by atoms with van der Waals surface area (Å²) in [5.74, 6) is 2.84. The molecule has 0 spiro atoms. The van der Waals surface area contributed by atoms with Crippen molar-refractivity contribution in [3.8, 4) is 23.0 Å². The first-order valence-electron chi connectivity index (χ1n) is 9.88. The second-order valence-corrected chi connectivity index (χ2v) is 6.26. The molecule has 2 aromatic carbocycles. The maximum Gasteiger partial charge on any atom is 0.208 e. The average molecular weight is 360 g/mol. The van der Waals surface area contributed by atoms with Crippen molar-refractivity contribution >= 4 is 10.8 Å². The quantitative estimate of drug-likeness (QED) is 0.465. The van der Waals surface area contributed by atoms with E-state index in [-0.39, 0.29) is 0 Å². The second-order valence-electron chi connectivity index (χ2n) is 6.26. The molecule has 0 atom stereocenters. The van der Waals surface area contributed by atoms with Crippen LogP contribution in [0.1, 0.15) is 53.4 Å². The maximum absolute atomic E-state index is 6.12. The van der Waals surface area contributed by atoms with Crippen LogP contribution in [0.3, 0.4) is 0 Å². The van der Waals surface area contributed by atoms with Gasteiger partial charge in [0.05, 0.1) is 26.4 Å². The molecule has 0 amide bonds. The Morgan fingerprint density at radius 3 is 1.12 bits per heavy atom. The van der Waals surface area contributed by atoms with Crippen LogP contribution in [0.15, 0.2) is 24.3 Å². The third-order valence-corrected chi connectivity index (χ3v) is 3.84. The number of benzene rings is 2. The molecule has 144 valence electrons. The summed E-state index contributed by atoms with van der Waals surface area (Å²) in [6, 6.07) is 8.14. The summed E-state index contributed by atoms with van der Waals surface area (Å²) < 4.78 is 24.5. The lowest BCUT2D eigenvalue weighted by atomic mass is 10.1. The van der Waals surface area contributed by atoms with E-state index in [2.05, 4.69) is 39.8 Å². The molecule has 0 saturated carbocycles. The molecule has 0 aliphatic heterocycles. The molecule has 4 nitrogen and oxygen atoms in total. The lowest BCUT2D eigenvalue weighted by molar-refractivity contribution is 0.230. The molecule has 0 aromatic heterocycles. The monoisotopic (exact) mass is 360 g/mol. The first kappa shape index (κ1) is 20.2. The van der Waals surface area contributed by atoms with E-state index in [0.717, 1.165) is 48.0 Å². The highest BCUT2D eigenvalue weighted by Gasteiger charge is 2.24. The highest BCUT2D eigenvalue weighted by Crippen LogP contribution is 2.51. The summed E-state index contributed by atoms with van der Waals surface area (Å²) in [5, 5.41) is 2.00. The smallest absolute Gasteiger partial charge is 0.208 e. The van der Waals surface area contributed by atoms with Crippen molar-refractivity contribution in [1.29, 1.82) is 0 Å². The summed E-state index contributed by atoms with van der Waals surface area (Å²) in [5.41, 5.74) is 0. The van der Waals surface area contributed by atoms with Gasteiger partial charge in [-0.2, -0.15) is 0 Å². The van der Waals surface area contributed by atoms with Gasteiger partial charge in [0.25, 0.3) is 0 Å². The summed E-state index contributed by atoms with van der Waals surface area (Å²) in [4.78, 5) is 0. The minimum absolute atomic E-state index is 0.608. The summed E-state index contributed by atoms with van der Waals surface area (Å²) in [7, 11) is 0. The Morgan fingerprint density at radius 1 is 0.500 bits per heavy atom. The van der Waals surface area contributed by atoms with Gasteiger partial charge in [-0.3, -0.25) is 0 Å². The zero-order valence-electron chi connectivity index (χ0n) is 16.6. The Balaban J connectivity index is 2.69. The van der Waals surface area contributed by atoms with Crippen molar-refractivity contribution in [2.75, 3.05) is 26.4 Å². The molecule has 0 unspecified atom stereocenters. The van der Waals surface area contributed by atoms with Crippen LogP contribution in [0.5, 0.6) is 23.0 Å². The largest absolute Gasteiger partial charge is 0.489 e. The highest BCUT2D eigenvalue weighted by atomic mass is 16.6. The van der Waals surface area contributed by atoms with E-state index in [9.17, 15) is 0 Å². The molecule has 0 fully saturated rings. The van der Waals surface area contributed by atoms with Gasteiger partial charge in [-0.1, -0.05) is 52.0 Å². The van der Waals surface area contributed by atoms with Crippen LogP contribution in [-0.4, -0.2) is 26.4 Å². The van der Waals surface area contributed by atoms with Gasteiger partial charge in [-0.05, 0) is 25.7 Å². The number of rotatable bonds is 12.